The van der Waals surface area contributed by atoms with Crippen LogP contribution in [0.2, 0.25) is 0 Å². The minimum Gasteiger partial charge on any atom is -0.480 e. The molecule has 3 amide bonds. The number of hydrogen-bond donors (Lipinski definition) is 2. The van der Waals surface area contributed by atoms with Gasteiger partial charge in [0.15, 0.2) is 0 Å². The van der Waals surface area contributed by atoms with E-state index >= 15 is 0 Å². The Hall–Kier alpha value is -2.57. The standard InChI is InChI=1S/C21H31N3O4/c1-15(2)13-18(20(26)27)22-19(25)17-9-11-24(12-10-17)21(28)23(3)14-16-7-5-4-6-8-16/h4-8,15,17-18H,9-14H2,1-3H3,(H,22,25)(H,26,27). The fourth-order valence-electron chi connectivity index (χ4n) is 3.48. The summed E-state index contributed by atoms with van der Waals surface area (Å²) in [6.45, 7) is 5.39. The molecule has 1 heterocycles. The number of carbonyl (C=O) groups excluding carboxylic acids is 2. The number of likely N-dealkylation sites (tertiary alicyclic amines) is 1. The summed E-state index contributed by atoms with van der Waals surface area (Å²) in [5.41, 5.74) is 1.07. The first-order valence-electron chi connectivity index (χ1n) is 9.85. The van der Waals surface area contributed by atoms with E-state index in [1.807, 2.05) is 44.2 Å². The lowest BCUT2D eigenvalue weighted by atomic mass is 9.95. The van der Waals surface area contributed by atoms with E-state index < -0.39 is 12.0 Å². The number of carbonyl (C=O) groups is 3. The molecule has 28 heavy (non-hydrogen) atoms. The number of nitrogens with one attached hydrogen (secondary N) is 1. The van der Waals surface area contributed by atoms with Crippen molar-refractivity contribution >= 4 is 17.9 Å². The molecule has 0 saturated carbocycles. The molecular weight excluding hydrogens is 358 g/mol. The van der Waals surface area contributed by atoms with Crippen molar-refractivity contribution in [1.29, 1.82) is 0 Å². The Kier molecular flexibility index (Phi) is 7.84. The van der Waals surface area contributed by atoms with Crippen LogP contribution in [-0.2, 0) is 16.1 Å². The number of nitrogens with zero attached hydrogens (tertiary/aromatic N) is 2. The maximum Gasteiger partial charge on any atom is 0.326 e. The number of aliphatic carboxylic acids is 1. The Labute approximate surface area is 166 Å². The van der Waals surface area contributed by atoms with Gasteiger partial charge in [0.1, 0.15) is 6.04 Å². The second-order valence-electron chi connectivity index (χ2n) is 7.91. The Morgan fingerprint density at radius 1 is 1.18 bits per heavy atom. The lowest BCUT2D eigenvalue weighted by Crippen LogP contribution is -2.49. The van der Waals surface area contributed by atoms with E-state index in [1.165, 1.54) is 0 Å². The third kappa shape index (κ3) is 6.25. The first-order chi connectivity index (χ1) is 13.3. The van der Waals surface area contributed by atoms with Crippen molar-refractivity contribution < 1.29 is 19.5 Å². The molecule has 1 saturated heterocycles. The smallest absolute Gasteiger partial charge is 0.326 e. The van der Waals surface area contributed by atoms with E-state index in [0.29, 0.717) is 38.9 Å². The minimum absolute atomic E-state index is 0.0501. The molecule has 154 valence electrons. The van der Waals surface area contributed by atoms with Crippen molar-refractivity contribution in [2.75, 3.05) is 20.1 Å². The van der Waals surface area contributed by atoms with Crippen molar-refractivity contribution in [2.24, 2.45) is 11.8 Å². The Morgan fingerprint density at radius 2 is 1.79 bits per heavy atom. The highest BCUT2D eigenvalue weighted by Gasteiger charge is 2.31. The van der Waals surface area contributed by atoms with Crippen molar-refractivity contribution in [3.63, 3.8) is 0 Å². The summed E-state index contributed by atoms with van der Waals surface area (Å²) >= 11 is 0. The van der Waals surface area contributed by atoms with Crippen molar-refractivity contribution in [3.05, 3.63) is 35.9 Å². The molecule has 7 heteroatoms. The third-order valence-electron chi connectivity index (χ3n) is 5.05. The molecule has 0 radical (unpaired) electrons. The molecule has 2 N–H and O–H groups in total. The average Bonchev–Trinajstić information content (AvgIpc) is 2.67. The highest BCUT2D eigenvalue weighted by atomic mass is 16.4. The Bertz CT molecular complexity index is 669. The average molecular weight is 389 g/mol. The van der Waals surface area contributed by atoms with Gasteiger partial charge in [-0.3, -0.25) is 4.79 Å². The van der Waals surface area contributed by atoms with Gasteiger partial charge in [0, 0.05) is 32.6 Å². The highest BCUT2D eigenvalue weighted by molar-refractivity contribution is 5.85. The van der Waals surface area contributed by atoms with Gasteiger partial charge >= 0.3 is 12.0 Å². The molecule has 2 rings (SSSR count). The number of amides is 3. The van der Waals surface area contributed by atoms with Crippen LogP contribution in [0.5, 0.6) is 0 Å². The fraction of sp³-hybridized carbons (Fsp3) is 0.571. The van der Waals surface area contributed by atoms with Gasteiger partial charge in [-0.15, -0.1) is 0 Å². The Morgan fingerprint density at radius 3 is 2.32 bits per heavy atom. The second kappa shape index (κ2) is 10.1. The summed E-state index contributed by atoms with van der Waals surface area (Å²) in [6, 6.07) is 8.89. The molecule has 1 atom stereocenters. The van der Waals surface area contributed by atoms with E-state index in [1.54, 1.807) is 16.8 Å². The molecule has 1 aromatic rings. The first kappa shape index (κ1) is 21.7. The molecule has 0 aromatic heterocycles. The zero-order valence-electron chi connectivity index (χ0n) is 16.9. The van der Waals surface area contributed by atoms with Gasteiger partial charge in [-0.2, -0.15) is 0 Å². The number of urea groups is 1. The van der Waals surface area contributed by atoms with Crippen molar-refractivity contribution in [3.8, 4) is 0 Å². The quantitative estimate of drug-likeness (QED) is 0.750. The lowest BCUT2D eigenvalue weighted by molar-refractivity contribution is -0.143. The third-order valence-corrected chi connectivity index (χ3v) is 5.05. The molecule has 1 unspecified atom stereocenters. The summed E-state index contributed by atoms with van der Waals surface area (Å²) in [7, 11) is 1.78. The van der Waals surface area contributed by atoms with Crippen LogP contribution in [0.25, 0.3) is 0 Å². The lowest BCUT2D eigenvalue weighted by Gasteiger charge is -2.34. The summed E-state index contributed by atoms with van der Waals surface area (Å²) in [4.78, 5) is 39.9. The van der Waals surface area contributed by atoms with Gasteiger partial charge in [-0.1, -0.05) is 44.2 Å². The monoisotopic (exact) mass is 389 g/mol. The number of carboxylic acid groups (broad SMARTS) is 1. The molecule has 1 aromatic carbocycles. The summed E-state index contributed by atoms with van der Waals surface area (Å²) in [6.07, 6.45) is 1.50. The van der Waals surface area contributed by atoms with Crippen LogP contribution in [0.15, 0.2) is 30.3 Å². The summed E-state index contributed by atoms with van der Waals surface area (Å²) in [5, 5.41) is 12.0. The molecule has 1 fully saturated rings. The predicted octanol–water partition coefficient (Wildman–Crippen LogP) is 2.57. The van der Waals surface area contributed by atoms with Gasteiger partial charge in [-0.05, 0) is 30.7 Å². The number of carboxylic acids is 1. The van der Waals surface area contributed by atoms with E-state index in [4.69, 9.17) is 0 Å². The molecule has 0 bridgehead atoms. The largest absolute Gasteiger partial charge is 0.480 e. The summed E-state index contributed by atoms with van der Waals surface area (Å²) in [5.74, 6) is -1.30. The van der Waals surface area contributed by atoms with Crippen LogP contribution >= 0.6 is 0 Å². The maximum atomic E-state index is 12.6. The zero-order chi connectivity index (χ0) is 20.7. The van der Waals surface area contributed by atoms with Crippen molar-refractivity contribution in [2.45, 2.75) is 45.7 Å². The van der Waals surface area contributed by atoms with Crippen LogP contribution in [0.3, 0.4) is 0 Å². The fourth-order valence-corrected chi connectivity index (χ4v) is 3.48. The van der Waals surface area contributed by atoms with Crippen LogP contribution in [0.4, 0.5) is 4.79 Å². The topological polar surface area (TPSA) is 90.0 Å². The molecule has 1 aliphatic rings. The molecule has 0 aliphatic carbocycles. The van der Waals surface area contributed by atoms with Crippen LogP contribution in [0.1, 0.15) is 38.7 Å². The normalized spacial score (nSPS) is 15.9. The van der Waals surface area contributed by atoms with E-state index in [2.05, 4.69) is 5.32 Å². The van der Waals surface area contributed by atoms with Crippen LogP contribution in [0, 0.1) is 11.8 Å². The van der Waals surface area contributed by atoms with Gasteiger partial charge < -0.3 is 20.2 Å². The highest BCUT2D eigenvalue weighted by Crippen LogP contribution is 2.19. The maximum absolute atomic E-state index is 12.6. The van der Waals surface area contributed by atoms with E-state index in [0.717, 1.165) is 5.56 Å². The number of piperidine rings is 1. The predicted molar refractivity (Wildman–Crippen MR) is 107 cm³/mol. The van der Waals surface area contributed by atoms with E-state index in [-0.39, 0.29) is 23.8 Å². The van der Waals surface area contributed by atoms with Crippen molar-refractivity contribution in [1.82, 2.24) is 15.1 Å². The van der Waals surface area contributed by atoms with Crippen LogP contribution in [-0.4, -0.2) is 59.0 Å². The number of hydrogen-bond acceptors (Lipinski definition) is 3. The molecular formula is C21H31N3O4. The zero-order valence-corrected chi connectivity index (χ0v) is 16.9. The number of benzene rings is 1. The van der Waals surface area contributed by atoms with Gasteiger partial charge in [0.2, 0.25) is 5.91 Å². The molecule has 7 nitrogen and oxygen atoms in total. The first-order valence-corrected chi connectivity index (χ1v) is 9.85. The van der Waals surface area contributed by atoms with E-state index in [9.17, 15) is 19.5 Å². The van der Waals surface area contributed by atoms with Gasteiger partial charge in [0.25, 0.3) is 0 Å². The molecule has 0 spiro atoms. The van der Waals surface area contributed by atoms with Gasteiger partial charge in [-0.25, -0.2) is 9.59 Å². The SMILES string of the molecule is CC(C)CC(NC(=O)C1CCN(C(=O)N(C)Cc2ccccc2)CC1)C(=O)O. The second-order valence-corrected chi connectivity index (χ2v) is 7.91. The summed E-state index contributed by atoms with van der Waals surface area (Å²) < 4.78 is 0. The molecule has 1 aliphatic heterocycles. The Balaban J connectivity index is 1.83. The number of rotatable bonds is 7. The minimum atomic E-state index is -1.00. The van der Waals surface area contributed by atoms with Crippen LogP contribution < -0.4 is 5.32 Å². The van der Waals surface area contributed by atoms with Gasteiger partial charge in [0.05, 0.1) is 0 Å².